The normalized spacial score (nSPS) is 11.6. The Hall–Kier alpha value is -3.26. The molecule has 0 unspecified atom stereocenters. The van der Waals surface area contributed by atoms with Gasteiger partial charge in [-0.05, 0) is 43.9 Å². The van der Waals surface area contributed by atoms with E-state index in [0.717, 1.165) is 11.3 Å². The van der Waals surface area contributed by atoms with E-state index in [0.29, 0.717) is 23.7 Å². The van der Waals surface area contributed by atoms with E-state index in [1.54, 1.807) is 18.2 Å². The molecule has 0 saturated carbocycles. The van der Waals surface area contributed by atoms with E-state index in [9.17, 15) is 9.59 Å². The molecule has 0 spiro atoms. The largest absolute Gasteiger partial charge is 0.493 e. The van der Waals surface area contributed by atoms with E-state index in [-0.39, 0.29) is 6.04 Å². The smallest absolute Gasteiger partial charge is 0.313 e. The van der Waals surface area contributed by atoms with E-state index >= 15 is 0 Å². The molecule has 2 N–H and O–H groups in total. The SMILES string of the molecule is COc1ccc(NC(=O)C(=O)NC[C@@H](c2ccc(N(C)C)cc2)N(C)C)cc1OC. The zero-order chi connectivity index (χ0) is 22.3. The minimum Gasteiger partial charge on any atom is -0.493 e. The van der Waals surface area contributed by atoms with E-state index < -0.39 is 11.8 Å². The van der Waals surface area contributed by atoms with E-state index in [1.807, 2.05) is 62.3 Å². The van der Waals surface area contributed by atoms with Gasteiger partial charge in [-0.25, -0.2) is 0 Å². The predicted molar refractivity (Wildman–Crippen MR) is 118 cm³/mol. The molecule has 0 bridgehead atoms. The molecule has 0 fully saturated rings. The Morgan fingerprint density at radius 3 is 2.07 bits per heavy atom. The highest BCUT2D eigenvalue weighted by molar-refractivity contribution is 6.39. The molecular formula is C22H30N4O4. The van der Waals surface area contributed by atoms with Crippen LogP contribution in [0.2, 0.25) is 0 Å². The molecule has 2 amide bonds. The molecule has 0 radical (unpaired) electrons. The minimum atomic E-state index is -0.748. The third-order valence-electron chi connectivity index (χ3n) is 4.72. The second-order valence-corrected chi connectivity index (χ2v) is 7.20. The van der Waals surface area contributed by atoms with Crippen LogP contribution < -0.4 is 25.0 Å². The molecule has 162 valence electrons. The Kier molecular flexibility index (Phi) is 8.06. The van der Waals surface area contributed by atoms with Crippen LogP contribution in [0.3, 0.4) is 0 Å². The molecule has 0 aliphatic heterocycles. The maximum atomic E-state index is 12.3. The van der Waals surface area contributed by atoms with Gasteiger partial charge in [0.2, 0.25) is 0 Å². The van der Waals surface area contributed by atoms with Crippen LogP contribution in [0.1, 0.15) is 11.6 Å². The van der Waals surface area contributed by atoms with Crippen LogP contribution in [0.15, 0.2) is 42.5 Å². The number of amides is 2. The lowest BCUT2D eigenvalue weighted by Crippen LogP contribution is -2.40. The van der Waals surface area contributed by atoms with E-state index in [1.165, 1.54) is 14.2 Å². The van der Waals surface area contributed by atoms with E-state index in [4.69, 9.17) is 9.47 Å². The van der Waals surface area contributed by atoms with Gasteiger partial charge < -0.3 is 29.9 Å². The maximum Gasteiger partial charge on any atom is 0.313 e. The number of carbonyl (C=O) groups is 2. The Morgan fingerprint density at radius 2 is 1.53 bits per heavy atom. The van der Waals surface area contributed by atoms with Crippen LogP contribution in [0.5, 0.6) is 11.5 Å². The molecule has 8 nitrogen and oxygen atoms in total. The van der Waals surface area contributed by atoms with Crippen molar-refractivity contribution in [2.24, 2.45) is 0 Å². The zero-order valence-electron chi connectivity index (χ0n) is 18.4. The standard InChI is InChI=1S/C22H30N4O4/c1-25(2)17-10-7-15(8-11-17)18(26(3)4)14-23-21(27)22(28)24-16-9-12-19(29-5)20(13-16)30-6/h7-13,18H,14H2,1-6H3,(H,23,27)(H,24,28)/t18-/m0/s1. The van der Waals surface area contributed by atoms with Crippen LogP contribution in [-0.4, -0.2) is 65.7 Å². The first kappa shape index (κ1) is 23.0. The van der Waals surface area contributed by atoms with Crippen molar-refractivity contribution in [3.63, 3.8) is 0 Å². The van der Waals surface area contributed by atoms with Crippen molar-refractivity contribution in [3.8, 4) is 11.5 Å². The Balaban J connectivity index is 2.00. The van der Waals surface area contributed by atoms with Crippen molar-refractivity contribution < 1.29 is 19.1 Å². The monoisotopic (exact) mass is 414 g/mol. The Morgan fingerprint density at radius 1 is 0.900 bits per heavy atom. The van der Waals surface area contributed by atoms with Gasteiger partial charge in [-0.2, -0.15) is 0 Å². The molecule has 2 aromatic carbocycles. The van der Waals surface area contributed by atoms with Crippen LogP contribution in [0.25, 0.3) is 0 Å². The van der Waals surface area contributed by atoms with Crippen LogP contribution in [0.4, 0.5) is 11.4 Å². The second-order valence-electron chi connectivity index (χ2n) is 7.20. The summed E-state index contributed by atoms with van der Waals surface area (Å²) in [5.74, 6) is -0.456. The number of rotatable bonds is 8. The maximum absolute atomic E-state index is 12.3. The third-order valence-corrected chi connectivity index (χ3v) is 4.72. The number of methoxy groups -OCH3 is 2. The number of hydrogen-bond acceptors (Lipinski definition) is 6. The highest BCUT2D eigenvalue weighted by Gasteiger charge is 2.19. The number of anilines is 2. The van der Waals surface area contributed by atoms with Crippen molar-refractivity contribution in [2.75, 3.05) is 59.2 Å². The number of hydrogen-bond donors (Lipinski definition) is 2. The lowest BCUT2D eigenvalue weighted by atomic mass is 10.1. The number of ether oxygens (including phenoxy) is 2. The highest BCUT2D eigenvalue weighted by Crippen LogP contribution is 2.29. The molecule has 0 aliphatic rings. The predicted octanol–water partition coefficient (Wildman–Crippen LogP) is 2.13. The molecule has 2 aromatic rings. The number of nitrogens with one attached hydrogen (secondary N) is 2. The van der Waals surface area contributed by atoms with Gasteiger partial charge >= 0.3 is 11.8 Å². The summed E-state index contributed by atoms with van der Waals surface area (Å²) in [5.41, 5.74) is 2.58. The van der Waals surface area contributed by atoms with Crippen LogP contribution in [0, 0.1) is 0 Å². The minimum absolute atomic E-state index is 0.0703. The zero-order valence-corrected chi connectivity index (χ0v) is 18.4. The average Bonchev–Trinajstić information content (AvgIpc) is 2.73. The number of likely N-dealkylation sites (N-methyl/N-ethyl adjacent to an activating group) is 1. The van der Waals surface area contributed by atoms with Gasteiger partial charge in [0.15, 0.2) is 11.5 Å². The van der Waals surface area contributed by atoms with Crippen molar-refractivity contribution >= 4 is 23.2 Å². The summed E-state index contributed by atoms with van der Waals surface area (Å²) in [6.07, 6.45) is 0. The van der Waals surface area contributed by atoms with Gasteiger partial charge in [-0.3, -0.25) is 9.59 Å². The summed E-state index contributed by atoms with van der Waals surface area (Å²) < 4.78 is 10.4. The summed E-state index contributed by atoms with van der Waals surface area (Å²) in [7, 11) is 10.9. The first-order valence-corrected chi connectivity index (χ1v) is 9.51. The molecular weight excluding hydrogens is 384 g/mol. The van der Waals surface area contributed by atoms with Crippen LogP contribution in [-0.2, 0) is 9.59 Å². The summed E-state index contributed by atoms with van der Waals surface area (Å²) in [6.45, 7) is 0.298. The first-order valence-electron chi connectivity index (χ1n) is 9.51. The van der Waals surface area contributed by atoms with Gasteiger partial charge in [0.25, 0.3) is 0 Å². The second kappa shape index (κ2) is 10.5. The summed E-state index contributed by atoms with van der Waals surface area (Å²) in [5, 5.41) is 5.29. The van der Waals surface area contributed by atoms with Gasteiger partial charge in [0.1, 0.15) is 0 Å². The summed E-state index contributed by atoms with van der Waals surface area (Å²) in [4.78, 5) is 28.6. The number of carbonyl (C=O) groups excluding carboxylic acids is 2. The van der Waals surface area contributed by atoms with E-state index in [2.05, 4.69) is 10.6 Å². The van der Waals surface area contributed by atoms with Crippen molar-refractivity contribution in [1.29, 1.82) is 0 Å². The Bertz CT molecular complexity index is 866. The molecule has 8 heteroatoms. The third kappa shape index (κ3) is 5.87. The fraction of sp³-hybridized carbons (Fsp3) is 0.364. The van der Waals surface area contributed by atoms with Gasteiger partial charge in [-0.15, -0.1) is 0 Å². The molecule has 0 aliphatic carbocycles. The molecule has 0 saturated heterocycles. The topological polar surface area (TPSA) is 83.1 Å². The number of benzene rings is 2. The Labute approximate surface area is 177 Å². The fourth-order valence-electron chi connectivity index (χ4n) is 2.96. The van der Waals surface area contributed by atoms with Crippen LogP contribution >= 0.6 is 0 Å². The summed E-state index contributed by atoms with van der Waals surface area (Å²) in [6, 6.07) is 12.9. The molecule has 0 heterocycles. The molecule has 1 atom stereocenters. The quantitative estimate of drug-likeness (QED) is 0.644. The fourth-order valence-corrected chi connectivity index (χ4v) is 2.96. The summed E-state index contributed by atoms with van der Waals surface area (Å²) >= 11 is 0. The lowest BCUT2D eigenvalue weighted by molar-refractivity contribution is -0.136. The van der Waals surface area contributed by atoms with Crippen molar-refractivity contribution in [3.05, 3.63) is 48.0 Å². The molecule has 30 heavy (non-hydrogen) atoms. The number of nitrogens with zero attached hydrogens (tertiary/aromatic N) is 2. The van der Waals surface area contributed by atoms with Crippen molar-refractivity contribution in [2.45, 2.75) is 6.04 Å². The first-order chi connectivity index (χ1) is 14.3. The molecule has 0 aromatic heterocycles. The van der Waals surface area contributed by atoms with Gasteiger partial charge in [-0.1, -0.05) is 12.1 Å². The van der Waals surface area contributed by atoms with Gasteiger partial charge in [0.05, 0.1) is 20.3 Å². The molecule has 2 rings (SSSR count). The lowest BCUT2D eigenvalue weighted by Gasteiger charge is -2.25. The van der Waals surface area contributed by atoms with Gasteiger partial charge in [0, 0.05) is 38.1 Å². The van der Waals surface area contributed by atoms with Crippen molar-refractivity contribution in [1.82, 2.24) is 10.2 Å². The average molecular weight is 415 g/mol. The highest BCUT2D eigenvalue weighted by atomic mass is 16.5.